The van der Waals surface area contributed by atoms with E-state index in [-0.39, 0.29) is 18.6 Å². The number of hydrogen-bond donors (Lipinski definition) is 0. The minimum Gasteiger partial charge on any atom is -0.454 e. The van der Waals surface area contributed by atoms with Crippen molar-refractivity contribution in [2.24, 2.45) is 0 Å². The summed E-state index contributed by atoms with van der Waals surface area (Å²) in [5, 5.41) is 1.75. The molecule has 0 atom stereocenters. The van der Waals surface area contributed by atoms with Crippen molar-refractivity contribution in [1.82, 2.24) is 0 Å². The average Bonchev–Trinajstić information content (AvgIpc) is 3.10. The second-order valence-electron chi connectivity index (χ2n) is 4.15. The molecule has 0 fully saturated rings. The third-order valence-electron chi connectivity index (χ3n) is 3.11. The maximum Gasteiger partial charge on any atom is 0.276 e. The zero-order chi connectivity index (χ0) is 13.0. The van der Waals surface area contributed by atoms with Crippen LogP contribution < -0.4 is 14.4 Å². The van der Waals surface area contributed by atoms with E-state index in [1.54, 1.807) is 29.6 Å². The lowest BCUT2D eigenvalue weighted by molar-refractivity contribution is 0.0927. The summed E-state index contributed by atoms with van der Waals surface area (Å²) in [5.74, 6) is 0.597. The van der Waals surface area contributed by atoms with E-state index in [4.69, 9.17) is 9.47 Å². The van der Waals surface area contributed by atoms with E-state index in [1.807, 2.05) is 0 Å². The molecule has 0 spiro atoms. The van der Waals surface area contributed by atoms with E-state index in [9.17, 15) is 9.59 Å². The maximum absolute atomic E-state index is 12.2. The van der Waals surface area contributed by atoms with Crippen LogP contribution in [0.3, 0.4) is 0 Å². The van der Waals surface area contributed by atoms with Crippen molar-refractivity contribution in [2.75, 3.05) is 11.7 Å². The average molecular weight is 273 g/mol. The van der Waals surface area contributed by atoms with Gasteiger partial charge in [-0.15, -0.1) is 11.3 Å². The number of rotatable bonds is 1. The summed E-state index contributed by atoms with van der Waals surface area (Å²) >= 11 is 1.28. The van der Waals surface area contributed by atoms with Gasteiger partial charge in [0.2, 0.25) is 6.79 Å². The van der Waals surface area contributed by atoms with Gasteiger partial charge in [0.05, 0.1) is 11.3 Å². The zero-order valence-electron chi connectivity index (χ0n) is 9.58. The summed E-state index contributed by atoms with van der Waals surface area (Å²) in [6.07, 6.45) is 0. The predicted octanol–water partition coefficient (Wildman–Crippen LogP) is 2.28. The van der Waals surface area contributed by atoms with Crippen LogP contribution in [0.15, 0.2) is 29.6 Å². The van der Waals surface area contributed by atoms with Gasteiger partial charge in [-0.05, 0) is 23.6 Å². The van der Waals surface area contributed by atoms with Gasteiger partial charge < -0.3 is 9.47 Å². The molecule has 0 aliphatic carbocycles. The lowest BCUT2D eigenvalue weighted by Gasteiger charge is -2.14. The largest absolute Gasteiger partial charge is 0.454 e. The minimum absolute atomic E-state index is 0.161. The molecule has 1 aromatic carbocycles. The quantitative estimate of drug-likeness (QED) is 0.748. The minimum atomic E-state index is -0.292. The van der Waals surface area contributed by atoms with Crippen LogP contribution in [0, 0.1) is 0 Å². The highest BCUT2D eigenvalue weighted by Crippen LogP contribution is 2.38. The molecule has 2 aliphatic rings. The van der Waals surface area contributed by atoms with Crippen molar-refractivity contribution in [3.05, 3.63) is 40.1 Å². The van der Waals surface area contributed by atoms with Gasteiger partial charge in [0, 0.05) is 6.07 Å². The van der Waals surface area contributed by atoms with Crippen molar-refractivity contribution in [2.45, 2.75) is 0 Å². The third kappa shape index (κ3) is 1.34. The maximum atomic E-state index is 12.2. The summed E-state index contributed by atoms with van der Waals surface area (Å²) in [7, 11) is 0. The number of ether oxygens (including phenoxy) is 2. The molecule has 0 saturated heterocycles. The number of carbonyl (C=O) groups is 2. The van der Waals surface area contributed by atoms with Crippen LogP contribution in [0.5, 0.6) is 11.5 Å². The lowest BCUT2D eigenvalue weighted by Crippen LogP contribution is -2.29. The van der Waals surface area contributed by atoms with Crippen molar-refractivity contribution in [3.63, 3.8) is 0 Å². The molecule has 2 aromatic rings. The smallest absolute Gasteiger partial charge is 0.276 e. The van der Waals surface area contributed by atoms with Gasteiger partial charge in [-0.3, -0.25) is 9.59 Å². The fourth-order valence-electron chi connectivity index (χ4n) is 2.22. The predicted molar refractivity (Wildman–Crippen MR) is 68.0 cm³/mol. The van der Waals surface area contributed by atoms with Crippen LogP contribution in [0.4, 0.5) is 5.69 Å². The fraction of sp³-hybridized carbons (Fsp3) is 0.0769. The molecular weight excluding hydrogens is 266 g/mol. The van der Waals surface area contributed by atoms with E-state index < -0.39 is 0 Å². The van der Waals surface area contributed by atoms with Crippen LogP contribution in [0.1, 0.15) is 20.0 Å². The number of imide groups is 1. The standard InChI is InChI=1S/C13H7NO4S/c15-12-8-3-4-19-11(8)13(16)14(12)7-1-2-9-10(5-7)18-6-17-9/h1-5H,6H2. The molecule has 1 aromatic heterocycles. The highest BCUT2D eigenvalue weighted by atomic mass is 32.1. The van der Waals surface area contributed by atoms with Crippen LogP contribution in [0.25, 0.3) is 0 Å². The van der Waals surface area contributed by atoms with Gasteiger partial charge in [-0.2, -0.15) is 0 Å². The Morgan fingerprint density at radius 3 is 2.74 bits per heavy atom. The molecule has 3 heterocycles. The van der Waals surface area contributed by atoms with Gasteiger partial charge in [0.1, 0.15) is 4.88 Å². The van der Waals surface area contributed by atoms with Gasteiger partial charge in [0.15, 0.2) is 11.5 Å². The van der Waals surface area contributed by atoms with Gasteiger partial charge in [0.25, 0.3) is 11.8 Å². The molecule has 0 N–H and O–H groups in total. The van der Waals surface area contributed by atoms with Gasteiger partial charge in [-0.25, -0.2) is 4.90 Å². The Morgan fingerprint density at radius 1 is 1.05 bits per heavy atom. The van der Waals surface area contributed by atoms with Crippen LogP contribution in [0.2, 0.25) is 0 Å². The number of hydrogen-bond acceptors (Lipinski definition) is 5. The summed E-state index contributed by atoms with van der Waals surface area (Å²) < 4.78 is 10.5. The first kappa shape index (κ1) is 10.6. The number of anilines is 1. The van der Waals surface area contributed by atoms with Crippen molar-refractivity contribution >= 4 is 28.8 Å². The van der Waals surface area contributed by atoms with Gasteiger partial charge >= 0.3 is 0 Å². The molecule has 0 saturated carbocycles. The molecule has 0 radical (unpaired) electrons. The van der Waals surface area contributed by atoms with Gasteiger partial charge in [-0.1, -0.05) is 0 Å². The highest BCUT2D eigenvalue weighted by molar-refractivity contribution is 7.13. The Morgan fingerprint density at radius 2 is 1.89 bits per heavy atom. The molecule has 2 aliphatic heterocycles. The Kier molecular flexibility index (Phi) is 1.99. The summed E-state index contributed by atoms with van der Waals surface area (Å²) in [5.41, 5.74) is 0.968. The fourth-order valence-corrected chi connectivity index (χ4v) is 3.03. The van der Waals surface area contributed by atoms with Crippen LogP contribution >= 0.6 is 11.3 Å². The zero-order valence-corrected chi connectivity index (χ0v) is 10.4. The molecule has 19 heavy (non-hydrogen) atoms. The number of benzene rings is 1. The van der Waals surface area contributed by atoms with Crippen molar-refractivity contribution in [3.8, 4) is 11.5 Å². The number of nitrogens with zero attached hydrogens (tertiary/aromatic N) is 1. The first-order chi connectivity index (χ1) is 9.25. The molecule has 0 bridgehead atoms. The summed E-state index contributed by atoms with van der Waals surface area (Å²) in [4.78, 5) is 26.1. The monoisotopic (exact) mass is 273 g/mol. The lowest BCUT2D eigenvalue weighted by atomic mass is 10.2. The molecule has 5 nitrogen and oxygen atoms in total. The Labute approximate surface area is 112 Å². The first-order valence-electron chi connectivity index (χ1n) is 5.61. The Balaban J connectivity index is 1.80. The molecular formula is C13H7NO4S. The third-order valence-corrected chi connectivity index (χ3v) is 4.01. The molecule has 4 rings (SSSR count). The molecule has 6 heteroatoms. The summed E-state index contributed by atoms with van der Waals surface area (Å²) in [6.45, 7) is 0.161. The van der Waals surface area contributed by atoms with Crippen LogP contribution in [-0.4, -0.2) is 18.6 Å². The SMILES string of the molecule is O=C1c2ccsc2C(=O)N1c1ccc2c(c1)OCO2. The van der Waals surface area contributed by atoms with E-state index >= 15 is 0 Å². The van der Waals surface area contributed by atoms with Crippen LogP contribution in [-0.2, 0) is 0 Å². The number of carbonyl (C=O) groups excluding carboxylic acids is 2. The molecule has 2 amide bonds. The van der Waals surface area contributed by atoms with E-state index in [1.165, 1.54) is 16.2 Å². The molecule has 0 unspecified atom stereocenters. The summed E-state index contributed by atoms with van der Waals surface area (Å²) in [6, 6.07) is 6.70. The topological polar surface area (TPSA) is 55.8 Å². The second-order valence-corrected chi connectivity index (χ2v) is 5.06. The molecule has 94 valence electrons. The normalized spacial score (nSPS) is 16.1. The van der Waals surface area contributed by atoms with Crippen molar-refractivity contribution < 1.29 is 19.1 Å². The highest BCUT2D eigenvalue weighted by Gasteiger charge is 2.38. The number of fused-ring (bicyclic) bond motifs is 2. The Hall–Kier alpha value is -2.34. The second kappa shape index (κ2) is 3.58. The van der Waals surface area contributed by atoms with Crippen molar-refractivity contribution in [1.29, 1.82) is 0 Å². The first-order valence-corrected chi connectivity index (χ1v) is 6.49. The Bertz CT molecular complexity index is 691. The van der Waals surface area contributed by atoms with E-state index in [2.05, 4.69) is 0 Å². The number of thiophene rings is 1. The number of amides is 2. The van der Waals surface area contributed by atoms with E-state index in [0.717, 1.165) is 0 Å². The van der Waals surface area contributed by atoms with E-state index in [0.29, 0.717) is 27.6 Å².